The number of nitrogens with one attached hydrogen (secondary N) is 2. The summed E-state index contributed by atoms with van der Waals surface area (Å²) in [7, 11) is -3.39. The first kappa shape index (κ1) is 17.7. The maximum Gasteiger partial charge on any atom is 0.320 e. The highest BCUT2D eigenvalue weighted by Crippen LogP contribution is 2.64. The van der Waals surface area contributed by atoms with Gasteiger partial charge in [-0.2, -0.15) is 0 Å². The smallest absolute Gasteiger partial charge is 0.320 e. The Hall–Kier alpha value is -2.75. The summed E-state index contributed by atoms with van der Waals surface area (Å²) in [5.74, 6) is -0.286. The monoisotopic (exact) mass is 398 g/mol. The molecule has 2 amide bonds. The molecule has 1 heterocycles. The van der Waals surface area contributed by atoms with Crippen LogP contribution in [0.3, 0.4) is 0 Å². The zero-order valence-electron chi connectivity index (χ0n) is 14.1. The third-order valence-electron chi connectivity index (χ3n) is 4.29. The van der Waals surface area contributed by atoms with E-state index in [1.165, 1.54) is 0 Å². The predicted octanol–water partition coefficient (Wildman–Crippen LogP) is 5.16. The second kappa shape index (κ2) is 7.10. The van der Waals surface area contributed by atoms with Crippen molar-refractivity contribution in [2.24, 2.45) is 0 Å². The second-order valence-electron chi connectivity index (χ2n) is 6.04. The summed E-state index contributed by atoms with van der Waals surface area (Å²) >= 11 is 6.10. The molecule has 0 saturated heterocycles. The number of hydrogen-bond acceptors (Lipinski definition) is 3. The van der Waals surface area contributed by atoms with E-state index in [9.17, 15) is 9.36 Å². The molecule has 0 fully saturated rings. The third-order valence-corrected chi connectivity index (χ3v) is 7.20. The van der Waals surface area contributed by atoms with Crippen LogP contribution in [0.2, 0.25) is 5.02 Å². The fourth-order valence-electron chi connectivity index (χ4n) is 3.02. The Labute approximate surface area is 161 Å². The lowest BCUT2D eigenvalue weighted by atomic mass is 10.2. The van der Waals surface area contributed by atoms with Crippen LogP contribution in [0.5, 0.6) is 5.75 Å². The largest absolute Gasteiger partial charge is 0.438 e. The summed E-state index contributed by atoms with van der Waals surface area (Å²) in [5, 5.41) is 6.47. The van der Waals surface area contributed by atoms with Gasteiger partial charge in [-0.3, -0.25) is 4.57 Å². The molecule has 0 saturated carbocycles. The normalized spacial score (nSPS) is 20.4. The minimum atomic E-state index is -3.39. The first-order valence-electron chi connectivity index (χ1n) is 8.34. The molecule has 1 aliphatic rings. The molecular weight excluding hydrogens is 383 g/mol. The van der Waals surface area contributed by atoms with Crippen molar-refractivity contribution in [3.63, 3.8) is 0 Å². The van der Waals surface area contributed by atoms with Gasteiger partial charge in [0.2, 0.25) is 0 Å². The van der Waals surface area contributed by atoms with Gasteiger partial charge in [-0.05, 0) is 30.3 Å². The van der Waals surface area contributed by atoms with Crippen LogP contribution in [-0.4, -0.2) is 6.03 Å². The Balaban J connectivity index is 1.66. The zero-order valence-corrected chi connectivity index (χ0v) is 15.8. The topological polar surface area (TPSA) is 67.4 Å². The molecule has 0 radical (unpaired) electrons. The highest BCUT2D eigenvalue weighted by molar-refractivity contribution is 7.68. The molecule has 0 spiro atoms. The Morgan fingerprint density at radius 1 is 0.926 bits per heavy atom. The van der Waals surface area contributed by atoms with Gasteiger partial charge < -0.3 is 15.2 Å². The molecule has 27 heavy (non-hydrogen) atoms. The van der Waals surface area contributed by atoms with Gasteiger partial charge in [-0.15, -0.1) is 0 Å². The van der Waals surface area contributed by atoms with Crippen LogP contribution in [0.1, 0.15) is 11.3 Å². The van der Waals surface area contributed by atoms with Gasteiger partial charge in [0.1, 0.15) is 5.75 Å². The van der Waals surface area contributed by atoms with Crippen molar-refractivity contribution in [1.82, 2.24) is 5.32 Å². The average molecular weight is 399 g/mol. The molecule has 136 valence electrons. The fraction of sp³-hybridized carbons (Fsp3) is 0.0500. The van der Waals surface area contributed by atoms with E-state index in [1.54, 1.807) is 66.7 Å². The van der Waals surface area contributed by atoms with Crippen LogP contribution in [0, 0.1) is 0 Å². The van der Waals surface area contributed by atoms with Gasteiger partial charge in [0.05, 0.1) is 16.0 Å². The van der Waals surface area contributed by atoms with Crippen molar-refractivity contribution < 1.29 is 13.9 Å². The van der Waals surface area contributed by atoms with E-state index in [1.807, 2.05) is 12.1 Å². The molecule has 4 rings (SSSR count). The fourth-order valence-corrected chi connectivity index (χ4v) is 5.62. The number of anilines is 1. The molecule has 7 heteroatoms. The standard InChI is InChI=1S/C20H16ClN2O3P/c21-16-11-5-6-12-17(16)22-20(24)23-19-15-10-4-7-13-18(15)26-27(19,25)14-8-2-1-3-9-14/h1-13,19H,(H2,22,23,24)/t19-,27-/m0/s1. The van der Waals surface area contributed by atoms with Crippen LogP contribution in [0.25, 0.3) is 0 Å². The van der Waals surface area contributed by atoms with Crippen molar-refractivity contribution in [2.75, 3.05) is 5.32 Å². The van der Waals surface area contributed by atoms with Crippen molar-refractivity contribution in [2.45, 2.75) is 5.78 Å². The summed E-state index contributed by atoms with van der Waals surface area (Å²) in [6, 6.07) is 22.5. The van der Waals surface area contributed by atoms with Gasteiger partial charge in [0, 0.05) is 5.56 Å². The van der Waals surface area contributed by atoms with E-state index >= 15 is 0 Å². The molecular formula is C20H16ClN2O3P. The van der Waals surface area contributed by atoms with Crippen molar-refractivity contribution in [1.29, 1.82) is 0 Å². The Kier molecular flexibility index (Phi) is 4.65. The first-order valence-corrected chi connectivity index (χ1v) is 10.4. The lowest BCUT2D eigenvalue weighted by Gasteiger charge is -2.21. The number of rotatable bonds is 3. The van der Waals surface area contributed by atoms with Gasteiger partial charge in [-0.25, -0.2) is 4.79 Å². The number of fused-ring (bicyclic) bond motifs is 1. The molecule has 0 aromatic heterocycles. The minimum Gasteiger partial charge on any atom is -0.438 e. The van der Waals surface area contributed by atoms with Gasteiger partial charge >= 0.3 is 13.4 Å². The number of amides is 2. The SMILES string of the molecule is O=C(Nc1ccccc1Cl)N[C@@H]1c2ccccc2O[P@@]1(=O)c1ccccc1. The Bertz CT molecular complexity index is 1040. The molecule has 5 nitrogen and oxygen atoms in total. The lowest BCUT2D eigenvalue weighted by Crippen LogP contribution is -2.33. The van der Waals surface area contributed by atoms with Crippen LogP contribution >= 0.6 is 19.0 Å². The van der Waals surface area contributed by atoms with E-state index in [-0.39, 0.29) is 0 Å². The lowest BCUT2D eigenvalue weighted by molar-refractivity contribution is 0.251. The number of para-hydroxylation sites is 2. The summed E-state index contributed by atoms with van der Waals surface area (Å²) < 4.78 is 19.6. The zero-order chi connectivity index (χ0) is 18.9. The highest BCUT2D eigenvalue weighted by atomic mass is 35.5. The molecule has 3 aromatic carbocycles. The van der Waals surface area contributed by atoms with E-state index in [0.717, 1.165) is 0 Å². The molecule has 0 aliphatic carbocycles. The van der Waals surface area contributed by atoms with Crippen LogP contribution in [-0.2, 0) is 4.57 Å². The minimum absolute atomic E-state index is 0.418. The molecule has 0 unspecified atom stereocenters. The van der Waals surface area contributed by atoms with E-state index < -0.39 is 19.2 Å². The van der Waals surface area contributed by atoms with Crippen molar-refractivity contribution in [3.05, 3.63) is 89.4 Å². The molecule has 0 bridgehead atoms. The van der Waals surface area contributed by atoms with Crippen LogP contribution < -0.4 is 20.5 Å². The number of halogens is 1. The third kappa shape index (κ3) is 3.32. The molecule has 2 N–H and O–H groups in total. The predicted molar refractivity (Wildman–Crippen MR) is 107 cm³/mol. The highest BCUT2D eigenvalue weighted by Gasteiger charge is 2.46. The quantitative estimate of drug-likeness (QED) is 0.599. The molecule has 1 aliphatic heterocycles. The molecule has 3 aromatic rings. The molecule has 2 atom stereocenters. The van der Waals surface area contributed by atoms with Crippen molar-refractivity contribution >= 4 is 36.0 Å². The first-order chi connectivity index (χ1) is 13.1. The average Bonchev–Trinajstić information content (AvgIpc) is 2.97. The van der Waals surface area contributed by atoms with Crippen LogP contribution in [0.4, 0.5) is 10.5 Å². The second-order valence-corrected chi connectivity index (χ2v) is 8.86. The Morgan fingerprint density at radius 3 is 2.37 bits per heavy atom. The maximum absolute atomic E-state index is 13.8. The van der Waals surface area contributed by atoms with E-state index in [0.29, 0.717) is 27.3 Å². The van der Waals surface area contributed by atoms with Gasteiger partial charge in [0.15, 0.2) is 5.78 Å². The summed E-state index contributed by atoms with van der Waals surface area (Å²) in [6.45, 7) is 0. The maximum atomic E-state index is 13.8. The number of benzene rings is 3. The summed E-state index contributed by atoms with van der Waals surface area (Å²) in [5.41, 5.74) is 1.15. The summed E-state index contributed by atoms with van der Waals surface area (Å²) in [4.78, 5) is 12.6. The van der Waals surface area contributed by atoms with Gasteiger partial charge in [-0.1, -0.05) is 60.1 Å². The number of carbonyl (C=O) groups excluding carboxylic acids is 1. The summed E-state index contributed by atoms with van der Waals surface area (Å²) in [6.07, 6.45) is 0. The number of hydrogen-bond donors (Lipinski definition) is 2. The number of urea groups is 1. The number of carbonyl (C=O) groups is 1. The Morgan fingerprint density at radius 2 is 1.59 bits per heavy atom. The van der Waals surface area contributed by atoms with Crippen LogP contribution in [0.15, 0.2) is 78.9 Å². The van der Waals surface area contributed by atoms with Gasteiger partial charge in [0.25, 0.3) is 0 Å². The van der Waals surface area contributed by atoms with Crippen molar-refractivity contribution in [3.8, 4) is 5.75 Å². The van der Waals surface area contributed by atoms with E-state index in [4.69, 9.17) is 16.1 Å². The van der Waals surface area contributed by atoms with E-state index in [2.05, 4.69) is 10.6 Å².